The van der Waals surface area contributed by atoms with Gasteiger partial charge in [0.25, 0.3) is 11.5 Å². The molecule has 1 aliphatic rings. The summed E-state index contributed by atoms with van der Waals surface area (Å²) in [7, 11) is 0. The zero-order chi connectivity index (χ0) is 22.9. The summed E-state index contributed by atoms with van der Waals surface area (Å²) in [5.41, 5.74) is 1.45. The van der Waals surface area contributed by atoms with Crippen molar-refractivity contribution in [3.63, 3.8) is 0 Å². The molecule has 1 aromatic carbocycles. The van der Waals surface area contributed by atoms with E-state index in [0.717, 1.165) is 19.3 Å². The lowest BCUT2D eigenvalue weighted by Crippen LogP contribution is -2.24. The molecule has 0 spiro atoms. The van der Waals surface area contributed by atoms with E-state index in [1.54, 1.807) is 6.33 Å². The van der Waals surface area contributed by atoms with Crippen molar-refractivity contribution in [2.24, 2.45) is 5.92 Å². The summed E-state index contributed by atoms with van der Waals surface area (Å²) in [6.45, 7) is 6.33. The number of aromatic nitrogens is 4. The first-order chi connectivity index (χ1) is 15.2. The first kappa shape index (κ1) is 22.0. The fourth-order valence-electron chi connectivity index (χ4n) is 4.09. The van der Waals surface area contributed by atoms with Gasteiger partial charge in [0.05, 0.1) is 6.33 Å². The zero-order valence-electron chi connectivity index (χ0n) is 18.6. The monoisotopic (exact) mass is 439 g/mol. The van der Waals surface area contributed by atoms with E-state index in [1.165, 1.54) is 5.56 Å². The Morgan fingerprint density at radius 3 is 2.69 bits per heavy atom. The molecule has 1 fully saturated rings. The summed E-state index contributed by atoms with van der Waals surface area (Å²) >= 11 is 0. The highest BCUT2D eigenvalue weighted by Gasteiger charge is 2.27. The molecule has 2 aromatic heterocycles. The predicted octanol–water partition coefficient (Wildman–Crippen LogP) is 2.77. The SMILES string of the molecule is CC(C)(C)c1ccc(OCC(=O)Nc2nc3c(ncn3C3CC[C@@H](CO)C3)c(=O)[nH]2)cc1. The molecular weight excluding hydrogens is 410 g/mol. The Hall–Kier alpha value is -3.20. The van der Waals surface area contributed by atoms with Crippen LogP contribution in [-0.4, -0.2) is 43.7 Å². The number of hydrogen-bond donors (Lipinski definition) is 3. The Kier molecular flexibility index (Phi) is 6.01. The number of amides is 1. The Bertz CT molecular complexity index is 1160. The van der Waals surface area contributed by atoms with Crippen molar-refractivity contribution in [1.82, 2.24) is 19.5 Å². The topological polar surface area (TPSA) is 122 Å². The van der Waals surface area contributed by atoms with Gasteiger partial charge in [0.15, 0.2) is 17.8 Å². The van der Waals surface area contributed by atoms with Crippen molar-refractivity contribution in [1.29, 1.82) is 0 Å². The number of aromatic amines is 1. The number of benzene rings is 1. The molecule has 9 nitrogen and oxygen atoms in total. The van der Waals surface area contributed by atoms with Crippen LogP contribution in [0.3, 0.4) is 0 Å². The maximum Gasteiger partial charge on any atom is 0.280 e. The van der Waals surface area contributed by atoms with Crippen LogP contribution >= 0.6 is 0 Å². The van der Waals surface area contributed by atoms with Gasteiger partial charge in [0.1, 0.15) is 5.75 Å². The van der Waals surface area contributed by atoms with E-state index in [4.69, 9.17) is 4.74 Å². The lowest BCUT2D eigenvalue weighted by molar-refractivity contribution is -0.118. The number of nitrogens with one attached hydrogen (secondary N) is 2. The largest absolute Gasteiger partial charge is 0.484 e. The molecule has 3 aromatic rings. The molecule has 1 unspecified atom stereocenters. The molecular formula is C23H29N5O4. The number of carbonyl (C=O) groups is 1. The molecule has 1 amide bonds. The van der Waals surface area contributed by atoms with Crippen molar-refractivity contribution < 1.29 is 14.6 Å². The molecule has 32 heavy (non-hydrogen) atoms. The third-order valence-corrected chi connectivity index (χ3v) is 5.95. The van der Waals surface area contributed by atoms with E-state index in [2.05, 4.69) is 41.0 Å². The van der Waals surface area contributed by atoms with Crippen molar-refractivity contribution in [3.8, 4) is 5.75 Å². The van der Waals surface area contributed by atoms with E-state index in [1.807, 2.05) is 28.8 Å². The Balaban J connectivity index is 1.44. The lowest BCUT2D eigenvalue weighted by Gasteiger charge is -2.19. The smallest absolute Gasteiger partial charge is 0.280 e. The molecule has 0 saturated heterocycles. The van der Waals surface area contributed by atoms with E-state index in [-0.39, 0.29) is 42.1 Å². The number of rotatable bonds is 6. The number of nitrogens with zero attached hydrogens (tertiary/aromatic N) is 3. The second kappa shape index (κ2) is 8.74. The number of ether oxygens (including phenoxy) is 1. The van der Waals surface area contributed by atoms with E-state index >= 15 is 0 Å². The van der Waals surface area contributed by atoms with Gasteiger partial charge in [0.2, 0.25) is 5.95 Å². The molecule has 0 bridgehead atoms. The van der Waals surface area contributed by atoms with Gasteiger partial charge >= 0.3 is 0 Å². The summed E-state index contributed by atoms with van der Waals surface area (Å²) < 4.78 is 7.43. The lowest BCUT2D eigenvalue weighted by atomic mass is 9.87. The summed E-state index contributed by atoms with van der Waals surface area (Å²) in [4.78, 5) is 36.0. The number of carbonyl (C=O) groups excluding carboxylic acids is 1. The number of H-pyrrole nitrogens is 1. The van der Waals surface area contributed by atoms with Crippen molar-refractivity contribution in [2.45, 2.75) is 51.5 Å². The molecule has 4 rings (SSSR count). The van der Waals surface area contributed by atoms with Gasteiger partial charge in [-0.05, 0) is 48.3 Å². The molecule has 1 aliphatic carbocycles. The van der Waals surface area contributed by atoms with Gasteiger partial charge in [-0.25, -0.2) is 4.98 Å². The third kappa shape index (κ3) is 4.67. The molecule has 0 radical (unpaired) electrons. The molecule has 170 valence electrons. The van der Waals surface area contributed by atoms with Crippen LogP contribution in [0, 0.1) is 5.92 Å². The van der Waals surface area contributed by atoms with Crippen LogP contribution in [0.2, 0.25) is 0 Å². The number of aliphatic hydroxyl groups is 1. The van der Waals surface area contributed by atoms with Gasteiger partial charge in [-0.3, -0.25) is 19.9 Å². The van der Waals surface area contributed by atoms with Crippen LogP contribution < -0.4 is 15.6 Å². The highest BCUT2D eigenvalue weighted by Crippen LogP contribution is 2.35. The maximum atomic E-state index is 12.4. The predicted molar refractivity (Wildman–Crippen MR) is 121 cm³/mol. The fraction of sp³-hybridized carbons (Fsp3) is 0.478. The minimum atomic E-state index is -0.431. The molecule has 9 heteroatoms. The zero-order valence-corrected chi connectivity index (χ0v) is 18.6. The number of aliphatic hydroxyl groups excluding tert-OH is 1. The fourth-order valence-corrected chi connectivity index (χ4v) is 4.09. The summed E-state index contributed by atoms with van der Waals surface area (Å²) in [5, 5.41) is 12.0. The summed E-state index contributed by atoms with van der Waals surface area (Å²) in [5.74, 6) is 0.452. The van der Waals surface area contributed by atoms with E-state index in [0.29, 0.717) is 11.4 Å². The average molecular weight is 440 g/mol. The minimum absolute atomic E-state index is 0.0378. The highest BCUT2D eigenvalue weighted by atomic mass is 16.5. The van der Waals surface area contributed by atoms with Crippen LogP contribution in [0.4, 0.5) is 5.95 Å². The summed E-state index contributed by atoms with van der Waals surface area (Å²) in [6.07, 6.45) is 4.21. The van der Waals surface area contributed by atoms with E-state index in [9.17, 15) is 14.7 Å². The number of imidazole rings is 1. The van der Waals surface area contributed by atoms with Gasteiger partial charge in [-0.15, -0.1) is 0 Å². The van der Waals surface area contributed by atoms with Gasteiger partial charge in [-0.1, -0.05) is 32.9 Å². The van der Waals surface area contributed by atoms with Crippen LogP contribution in [0.25, 0.3) is 11.2 Å². The molecule has 2 atom stereocenters. The van der Waals surface area contributed by atoms with Gasteiger partial charge in [-0.2, -0.15) is 4.98 Å². The first-order valence-corrected chi connectivity index (χ1v) is 10.9. The van der Waals surface area contributed by atoms with Crippen molar-refractivity contribution in [3.05, 3.63) is 46.5 Å². The number of anilines is 1. The van der Waals surface area contributed by atoms with Crippen LogP contribution in [0.5, 0.6) is 5.75 Å². The maximum absolute atomic E-state index is 12.4. The first-order valence-electron chi connectivity index (χ1n) is 10.9. The van der Waals surface area contributed by atoms with Gasteiger partial charge < -0.3 is 14.4 Å². The second-order valence-corrected chi connectivity index (χ2v) is 9.37. The molecule has 2 heterocycles. The number of fused-ring (bicyclic) bond motifs is 1. The highest BCUT2D eigenvalue weighted by molar-refractivity contribution is 5.90. The molecule has 3 N–H and O–H groups in total. The van der Waals surface area contributed by atoms with E-state index < -0.39 is 11.5 Å². The second-order valence-electron chi connectivity index (χ2n) is 9.37. The van der Waals surface area contributed by atoms with Crippen LogP contribution in [-0.2, 0) is 10.2 Å². The Morgan fingerprint density at radius 2 is 2.03 bits per heavy atom. The van der Waals surface area contributed by atoms with Crippen molar-refractivity contribution >= 4 is 23.0 Å². The molecule has 1 saturated carbocycles. The average Bonchev–Trinajstić information content (AvgIpc) is 3.39. The normalized spacial score (nSPS) is 18.8. The van der Waals surface area contributed by atoms with Crippen LogP contribution in [0.1, 0.15) is 51.6 Å². The summed E-state index contributed by atoms with van der Waals surface area (Å²) in [6, 6.07) is 7.74. The standard InChI is InChI=1S/C23H29N5O4/c1-23(2,3)15-5-8-17(9-6-15)32-12-18(30)25-22-26-20-19(21(31)27-22)24-13-28(20)16-7-4-14(10-16)11-29/h5-6,8-9,13-14,16,29H,4,7,10-12H2,1-3H3,(H2,25,26,27,30,31)/t14-,16?/m1/s1. The third-order valence-electron chi connectivity index (χ3n) is 5.95. The Morgan fingerprint density at radius 1 is 1.28 bits per heavy atom. The minimum Gasteiger partial charge on any atom is -0.484 e. The quantitative estimate of drug-likeness (QED) is 0.543. The number of hydrogen-bond acceptors (Lipinski definition) is 6. The van der Waals surface area contributed by atoms with Crippen molar-refractivity contribution in [2.75, 3.05) is 18.5 Å². The van der Waals surface area contributed by atoms with Crippen LogP contribution in [0.15, 0.2) is 35.4 Å². The van der Waals surface area contributed by atoms with Gasteiger partial charge in [0, 0.05) is 12.6 Å². The molecule has 0 aliphatic heterocycles. The Labute approximate surface area is 185 Å².